The first kappa shape index (κ1) is 27.4. The van der Waals surface area contributed by atoms with Crippen LogP contribution in [0.25, 0.3) is 0 Å². The number of ether oxygens (including phenoxy) is 1. The van der Waals surface area contributed by atoms with E-state index in [2.05, 4.69) is 66.4 Å². The van der Waals surface area contributed by atoms with Gasteiger partial charge in [-0.3, -0.25) is 14.4 Å². The molecule has 0 radical (unpaired) electrons. The monoisotopic (exact) mass is 518 g/mol. The highest BCUT2D eigenvalue weighted by atomic mass is 16.5. The van der Waals surface area contributed by atoms with Gasteiger partial charge < -0.3 is 4.74 Å². The summed E-state index contributed by atoms with van der Waals surface area (Å²) in [5.74, 6) is 6.10. The normalized spacial score (nSPS) is 44.6. The van der Waals surface area contributed by atoms with Crippen molar-refractivity contribution in [2.45, 2.75) is 100 Å². The van der Waals surface area contributed by atoms with Crippen molar-refractivity contribution in [1.29, 1.82) is 0 Å². The molecule has 4 heteroatoms. The number of fused-ring (bicyclic) bond motifs is 7. The van der Waals surface area contributed by atoms with Crippen LogP contribution < -0.4 is 0 Å². The highest BCUT2D eigenvalue weighted by Crippen LogP contribution is 2.74. The molecule has 4 nitrogen and oxygen atoms in total. The number of carbonyl (C=O) groups is 3. The predicted octanol–water partition coefficient (Wildman–Crippen LogP) is 6.88. The highest BCUT2D eigenvalue weighted by molar-refractivity contribution is 6.05. The number of rotatable bonds is 1. The zero-order valence-electron chi connectivity index (χ0n) is 25.0. The Morgan fingerprint density at radius 2 is 1.63 bits per heavy atom. The molecule has 206 valence electrons. The molecule has 0 amide bonds. The lowest BCUT2D eigenvalue weighted by Gasteiger charge is -2.68. The molecule has 0 aromatic heterocycles. The third kappa shape index (κ3) is 3.26. The van der Waals surface area contributed by atoms with Crippen LogP contribution in [-0.2, 0) is 19.1 Å². The number of esters is 1. The molecule has 0 spiro atoms. The van der Waals surface area contributed by atoms with E-state index in [0.717, 1.165) is 44.9 Å². The van der Waals surface area contributed by atoms with Crippen molar-refractivity contribution in [3.63, 3.8) is 0 Å². The topological polar surface area (TPSA) is 60.4 Å². The fraction of sp³-hybridized carbons (Fsp3) is 0.735. The van der Waals surface area contributed by atoms with Crippen LogP contribution in [-0.4, -0.2) is 24.6 Å². The molecular formula is C34H46O4. The average molecular weight is 519 g/mol. The summed E-state index contributed by atoms with van der Waals surface area (Å²) in [6.45, 7) is 17.4. The summed E-state index contributed by atoms with van der Waals surface area (Å²) in [6.07, 6.45) is 10.2. The molecule has 3 fully saturated rings. The minimum absolute atomic E-state index is 0.0217. The average Bonchev–Trinajstić information content (AvgIpc) is 2.83. The summed E-state index contributed by atoms with van der Waals surface area (Å²) < 4.78 is 5.43. The molecule has 38 heavy (non-hydrogen) atoms. The van der Waals surface area contributed by atoms with Crippen LogP contribution in [0.3, 0.4) is 0 Å². The van der Waals surface area contributed by atoms with Crippen molar-refractivity contribution < 1.29 is 19.1 Å². The minimum Gasteiger partial charge on any atom is -0.469 e. The Bertz CT molecular complexity index is 1240. The van der Waals surface area contributed by atoms with E-state index in [0.29, 0.717) is 5.57 Å². The van der Waals surface area contributed by atoms with Crippen LogP contribution in [0.4, 0.5) is 0 Å². The highest BCUT2D eigenvalue weighted by Gasteiger charge is 2.71. The lowest BCUT2D eigenvalue weighted by atomic mass is 9.34. The zero-order valence-corrected chi connectivity index (χ0v) is 25.0. The lowest BCUT2D eigenvalue weighted by molar-refractivity contribution is -0.191. The van der Waals surface area contributed by atoms with Crippen LogP contribution in [0.2, 0.25) is 0 Å². The van der Waals surface area contributed by atoms with E-state index in [1.807, 2.05) is 6.08 Å². The fourth-order valence-corrected chi connectivity index (χ4v) is 10.3. The molecule has 3 saturated carbocycles. The van der Waals surface area contributed by atoms with Crippen LogP contribution in [0.1, 0.15) is 100 Å². The van der Waals surface area contributed by atoms with Crippen molar-refractivity contribution in [1.82, 2.24) is 0 Å². The Morgan fingerprint density at radius 1 is 0.974 bits per heavy atom. The summed E-state index contributed by atoms with van der Waals surface area (Å²) in [7, 11) is 1.50. The van der Waals surface area contributed by atoms with Crippen molar-refractivity contribution >= 4 is 17.5 Å². The SMILES string of the molecule is CC#CC1=CC2(C)C3=CC(=O)C4C5CC(C)(C)CCC5(C(=O)OC)CCC4(C)C3(C)CCC2C(C)(C)C1=O. The van der Waals surface area contributed by atoms with Gasteiger partial charge in [-0.2, -0.15) is 0 Å². The largest absolute Gasteiger partial charge is 0.469 e. The van der Waals surface area contributed by atoms with Crippen molar-refractivity contribution in [3.8, 4) is 11.8 Å². The minimum atomic E-state index is -0.573. The van der Waals surface area contributed by atoms with Crippen molar-refractivity contribution in [2.75, 3.05) is 7.11 Å². The van der Waals surface area contributed by atoms with Gasteiger partial charge in [-0.1, -0.05) is 66.0 Å². The Kier molecular flexibility index (Phi) is 5.91. The Labute approximate surface area is 229 Å². The molecular weight excluding hydrogens is 472 g/mol. The molecule has 7 atom stereocenters. The quantitative estimate of drug-likeness (QED) is 0.280. The van der Waals surface area contributed by atoms with Crippen LogP contribution in [0.5, 0.6) is 0 Å². The van der Waals surface area contributed by atoms with Gasteiger partial charge >= 0.3 is 5.97 Å². The van der Waals surface area contributed by atoms with Gasteiger partial charge in [0, 0.05) is 16.7 Å². The maximum atomic E-state index is 14.5. The van der Waals surface area contributed by atoms with Gasteiger partial charge in [-0.15, -0.1) is 5.92 Å². The predicted molar refractivity (Wildman–Crippen MR) is 149 cm³/mol. The van der Waals surface area contributed by atoms with E-state index in [4.69, 9.17) is 4.74 Å². The van der Waals surface area contributed by atoms with Gasteiger partial charge in [0.15, 0.2) is 11.6 Å². The van der Waals surface area contributed by atoms with E-state index in [-0.39, 0.29) is 51.5 Å². The zero-order chi connectivity index (χ0) is 28.1. The first-order chi connectivity index (χ1) is 17.5. The molecule has 5 aliphatic carbocycles. The third-order valence-electron chi connectivity index (χ3n) is 12.6. The lowest BCUT2D eigenvalue weighted by Crippen LogP contribution is -2.65. The molecule has 5 aliphatic rings. The molecule has 0 aliphatic heterocycles. The Hall–Kier alpha value is -2.15. The number of ketones is 2. The molecule has 0 heterocycles. The van der Waals surface area contributed by atoms with Crippen LogP contribution in [0, 0.1) is 62.1 Å². The van der Waals surface area contributed by atoms with Gasteiger partial charge in [-0.05, 0) is 86.0 Å². The number of allylic oxidation sites excluding steroid dienone is 4. The van der Waals surface area contributed by atoms with E-state index >= 15 is 0 Å². The smallest absolute Gasteiger partial charge is 0.312 e. The molecule has 0 aromatic carbocycles. The standard InChI is InChI=1S/C34H46O4/c1-10-11-21-19-31(6)24(30(4,5)27(21)36)12-13-32(7)25(31)18-23(35)26-22-20-29(2,3)14-16-34(22,28(37)38-9)17-15-33(26,32)8/h18-19,22,24,26H,12-17,20H2,1-9H3. The molecule has 7 unspecified atom stereocenters. The summed E-state index contributed by atoms with van der Waals surface area (Å²) in [5.41, 5.74) is -0.173. The van der Waals surface area contributed by atoms with E-state index in [1.165, 1.54) is 12.7 Å². The van der Waals surface area contributed by atoms with Crippen LogP contribution >= 0.6 is 0 Å². The third-order valence-corrected chi connectivity index (χ3v) is 12.6. The summed E-state index contributed by atoms with van der Waals surface area (Å²) >= 11 is 0. The molecule has 0 bridgehead atoms. The molecule has 0 aromatic rings. The van der Waals surface area contributed by atoms with Gasteiger partial charge in [0.25, 0.3) is 0 Å². The number of hydrogen-bond donors (Lipinski definition) is 0. The van der Waals surface area contributed by atoms with Gasteiger partial charge in [0.2, 0.25) is 0 Å². The van der Waals surface area contributed by atoms with E-state index in [1.54, 1.807) is 6.92 Å². The maximum Gasteiger partial charge on any atom is 0.312 e. The number of Topliss-reactive ketones (excluding diaryl/α,β-unsaturated/α-hetero) is 1. The van der Waals surface area contributed by atoms with Crippen LogP contribution in [0.15, 0.2) is 23.3 Å². The second-order valence-electron chi connectivity index (χ2n) is 15.2. The number of carbonyl (C=O) groups excluding carboxylic acids is 3. The van der Waals surface area contributed by atoms with Crippen molar-refractivity contribution in [2.24, 2.45) is 50.2 Å². The molecule has 0 saturated heterocycles. The van der Waals surface area contributed by atoms with E-state index in [9.17, 15) is 14.4 Å². The van der Waals surface area contributed by atoms with Gasteiger partial charge in [0.05, 0.1) is 18.1 Å². The van der Waals surface area contributed by atoms with Gasteiger partial charge in [0.1, 0.15) is 0 Å². The van der Waals surface area contributed by atoms with Crippen molar-refractivity contribution in [3.05, 3.63) is 23.3 Å². The summed E-state index contributed by atoms with van der Waals surface area (Å²) in [5, 5.41) is 0. The van der Waals surface area contributed by atoms with E-state index < -0.39 is 16.2 Å². The maximum absolute atomic E-state index is 14.5. The summed E-state index contributed by atoms with van der Waals surface area (Å²) in [6, 6.07) is 0. The Morgan fingerprint density at radius 3 is 2.26 bits per heavy atom. The molecule has 5 rings (SSSR count). The number of hydrogen-bond acceptors (Lipinski definition) is 4. The second-order valence-corrected chi connectivity index (χ2v) is 15.2. The fourth-order valence-electron chi connectivity index (χ4n) is 10.3. The first-order valence-electron chi connectivity index (χ1n) is 14.6. The van der Waals surface area contributed by atoms with Gasteiger partial charge in [-0.25, -0.2) is 0 Å². The Balaban J connectivity index is 1.71. The number of methoxy groups -OCH3 is 1. The molecule has 0 N–H and O–H groups in total. The summed E-state index contributed by atoms with van der Waals surface area (Å²) in [4.78, 5) is 41.3. The first-order valence-corrected chi connectivity index (χ1v) is 14.6. The second kappa shape index (κ2) is 8.18.